The van der Waals surface area contributed by atoms with E-state index in [2.05, 4.69) is 41.5 Å². The van der Waals surface area contributed by atoms with Gasteiger partial charge < -0.3 is 37.0 Å². The summed E-state index contributed by atoms with van der Waals surface area (Å²) in [6.07, 6.45) is 14.3. The number of hydrogen-bond acceptors (Lipinski definition) is 12. The number of likely N-dealkylation sites (tertiary alicyclic amines) is 1. The molecule has 4 heterocycles. The number of rotatable bonds is 18. The van der Waals surface area contributed by atoms with Gasteiger partial charge in [-0.2, -0.15) is 9.97 Å². The molecule has 3 aromatic rings. The summed E-state index contributed by atoms with van der Waals surface area (Å²) in [4.78, 5) is 39.1. The normalized spacial score (nSPS) is 16.7. The van der Waals surface area contributed by atoms with E-state index < -0.39 is 12.0 Å². The minimum Gasteiger partial charge on any atom is -0.480 e. The molecule has 0 spiro atoms. The topological polar surface area (TPSA) is 201 Å². The van der Waals surface area contributed by atoms with Gasteiger partial charge in [-0.15, -0.1) is 5.10 Å². The van der Waals surface area contributed by atoms with Crippen molar-refractivity contribution < 1.29 is 14.7 Å². The van der Waals surface area contributed by atoms with E-state index in [1.165, 1.54) is 32.1 Å². The van der Waals surface area contributed by atoms with Crippen LogP contribution in [0.3, 0.4) is 0 Å². The zero-order valence-corrected chi connectivity index (χ0v) is 27.2. The summed E-state index contributed by atoms with van der Waals surface area (Å²) in [5, 5.41) is 32.4. The molecule has 1 aliphatic heterocycles. The Kier molecular flexibility index (Phi) is 13.0. The fourth-order valence-corrected chi connectivity index (χ4v) is 6.19. The second kappa shape index (κ2) is 17.8. The molecule has 0 aromatic carbocycles. The second-order valence-corrected chi connectivity index (χ2v) is 12.6. The number of nitrogens with zero attached hydrogens (tertiary/aromatic N) is 7. The number of carboxylic acids is 1. The Morgan fingerprint density at radius 1 is 1.02 bits per heavy atom. The molecule has 0 unspecified atom stereocenters. The summed E-state index contributed by atoms with van der Waals surface area (Å²) < 4.78 is 1.87. The lowest BCUT2D eigenvalue weighted by atomic mass is 9.95. The van der Waals surface area contributed by atoms with Gasteiger partial charge in [-0.05, 0) is 76.7 Å². The van der Waals surface area contributed by atoms with Crippen LogP contribution in [0, 0.1) is 0 Å². The van der Waals surface area contributed by atoms with Gasteiger partial charge in [0.15, 0.2) is 5.65 Å². The monoisotopic (exact) mass is 650 g/mol. The van der Waals surface area contributed by atoms with Crippen LogP contribution in [0.15, 0.2) is 24.5 Å². The van der Waals surface area contributed by atoms with Gasteiger partial charge in [0.25, 0.3) is 0 Å². The Morgan fingerprint density at radius 2 is 1.83 bits per heavy atom. The van der Waals surface area contributed by atoms with E-state index in [-0.39, 0.29) is 24.8 Å². The van der Waals surface area contributed by atoms with Gasteiger partial charge in [-0.1, -0.05) is 24.5 Å². The van der Waals surface area contributed by atoms with E-state index in [0.29, 0.717) is 37.0 Å². The maximum atomic E-state index is 12.6. The number of nitrogens with one attached hydrogen (secondary N) is 4. The number of nitrogens with two attached hydrogens (primary N) is 1. The van der Waals surface area contributed by atoms with Crippen molar-refractivity contribution in [2.24, 2.45) is 5.73 Å². The zero-order chi connectivity index (χ0) is 32.8. The lowest BCUT2D eigenvalue weighted by Crippen LogP contribution is -2.43. The molecule has 2 aliphatic rings. The van der Waals surface area contributed by atoms with Gasteiger partial charge >= 0.3 is 5.97 Å². The van der Waals surface area contributed by atoms with E-state index in [4.69, 9.17) is 15.8 Å². The number of aromatic nitrogens is 6. The fourth-order valence-electron chi connectivity index (χ4n) is 6.19. The van der Waals surface area contributed by atoms with E-state index in [1.54, 1.807) is 11.1 Å². The molecule has 0 radical (unpaired) electrons. The average molecular weight is 651 g/mol. The van der Waals surface area contributed by atoms with Gasteiger partial charge in [-0.25, -0.2) is 4.98 Å². The Bertz CT molecular complexity index is 1420. The van der Waals surface area contributed by atoms with Crippen molar-refractivity contribution in [1.29, 1.82) is 0 Å². The van der Waals surface area contributed by atoms with E-state index >= 15 is 0 Å². The number of hydrogen-bond donors (Lipinski definition) is 6. The van der Waals surface area contributed by atoms with Crippen molar-refractivity contribution >= 4 is 34.7 Å². The average Bonchev–Trinajstić information content (AvgIpc) is 3.55. The Balaban J connectivity index is 1.03. The van der Waals surface area contributed by atoms with Crippen LogP contribution in [-0.4, -0.2) is 103 Å². The highest BCUT2D eigenvalue weighted by Crippen LogP contribution is 2.24. The number of piperidine rings is 1. The molecular formula is C32H50N12O3. The third-order valence-corrected chi connectivity index (χ3v) is 8.97. The highest BCUT2D eigenvalue weighted by molar-refractivity contribution is 5.87. The molecule has 1 atom stereocenters. The van der Waals surface area contributed by atoms with Crippen molar-refractivity contribution in [2.75, 3.05) is 43.4 Å². The molecular weight excluding hydrogens is 600 g/mol. The molecule has 256 valence electrons. The SMILES string of the molecule is N[C@@H](CCC(=O)N1CCC(Nc2nc(NCc3cn(CCCNCCCNC4CCCCC4)nn3)nc3ncccc23)CC1)C(=O)O. The molecule has 1 saturated carbocycles. The smallest absolute Gasteiger partial charge is 0.320 e. The summed E-state index contributed by atoms with van der Waals surface area (Å²) in [5.74, 6) is -0.0269. The maximum absolute atomic E-state index is 12.6. The third-order valence-electron chi connectivity index (χ3n) is 8.97. The minimum atomic E-state index is -1.09. The Hall–Kier alpha value is -3.95. The number of pyridine rings is 1. The van der Waals surface area contributed by atoms with Crippen molar-refractivity contribution in [1.82, 2.24) is 45.5 Å². The molecule has 2 fully saturated rings. The van der Waals surface area contributed by atoms with Gasteiger partial charge in [0, 0.05) is 44.3 Å². The van der Waals surface area contributed by atoms with Gasteiger partial charge in [0.2, 0.25) is 11.9 Å². The highest BCUT2D eigenvalue weighted by Gasteiger charge is 2.25. The van der Waals surface area contributed by atoms with Crippen LogP contribution in [0.1, 0.15) is 76.3 Å². The number of carbonyl (C=O) groups is 2. The summed E-state index contributed by atoms with van der Waals surface area (Å²) in [5.41, 5.74) is 6.93. The van der Waals surface area contributed by atoms with E-state index in [1.807, 2.05) is 23.0 Å². The number of amides is 1. The third kappa shape index (κ3) is 10.8. The molecule has 7 N–H and O–H groups in total. The molecule has 47 heavy (non-hydrogen) atoms. The lowest BCUT2D eigenvalue weighted by molar-refractivity contribution is -0.139. The quantitative estimate of drug-likeness (QED) is 0.109. The van der Waals surface area contributed by atoms with Crippen LogP contribution in [0.5, 0.6) is 0 Å². The first kappa shape index (κ1) is 34.4. The largest absolute Gasteiger partial charge is 0.480 e. The van der Waals surface area contributed by atoms with Crippen LogP contribution < -0.4 is 27.0 Å². The zero-order valence-electron chi connectivity index (χ0n) is 27.2. The molecule has 1 aliphatic carbocycles. The van der Waals surface area contributed by atoms with Crippen molar-refractivity contribution in [3.8, 4) is 0 Å². The number of carbonyl (C=O) groups excluding carboxylic acids is 1. The van der Waals surface area contributed by atoms with Gasteiger partial charge in [-0.3, -0.25) is 14.3 Å². The van der Waals surface area contributed by atoms with Crippen LogP contribution in [0.2, 0.25) is 0 Å². The summed E-state index contributed by atoms with van der Waals surface area (Å²) in [7, 11) is 0. The van der Waals surface area contributed by atoms with Crippen LogP contribution >= 0.6 is 0 Å². The van der Waals surface area contributed by atoms with Crippen molar-refractivity contribution in [2.45, 2.75) is 102 Å². The van der Waals surface area contributed by atoms with Gasteiger partial charge in [0.1, 0.15) is 17.6 Å². The number of aliphatic carboxylic acids is 1. The summed E-state index contributed by atoms with van der Waals surface area (Å²) in [6.45, 7) is 5.43. The Labute approximate surface area is 275 Å². The first-order valence-corrected chi connectivity index (χ1v) is 17.2. The molecule has 0 bridgehead atoms. The molecule has 3 aromatic heterocycles. The molecule has 15 heteroatoms. The predicted octanol–water partition coefficient (Wildman–Crippen LogP) is 2.12. The number of fused-ring (bicyclic) bond motifs is 1. The van der Waals surface area contributed by atoms with E-state index in [9.17, 15) is 9.59 Å². The van der Waals surface area contributed by atoms with Gasteiger partial charge in [0.05, 0.1) is 18.1 Å². The second-order valence-electron chi connectivity index (χ2n) is 12.6. The van der Waals surface area contributed by atoms with Crippen molar-refractivity contribution in [3.63, 3.8) is 0 Å². The van der Waals surface area contributed by atoms with Crippen LogP contribution in [-0.2, 0) is 22.7 Å². The number of aryl methyl sites for hydroxylation is 1. The van der Waals surface area contributed by atoms with Crippen LogP contribution in [0.25, 0.3) is 11.0 Å². The standard InChI is InChI=1S/C32H50N12O3/c33-27(31(46)47)10-11-28(45)43-19-12-24(13-20-43)38-30-26-9-4-16-36-29(26)39-32(40-30)37-21-25-22-44(42-41-25)18-6-15-34-14-5-17-35-23-7-2-1-3-8-23/h4,9,16,22-24,27,34-35H,1-3,5-8,10-15,17-21,33H2,(H,46,47)(H2,36,37,38,39,40)/t27-/m0/s1. The predicted molar refractivity (Wildman–Crippen MR) is 180 cm³/mol. The number of carboxylic acid groups (broad SMARTS) is 1. The first-order chi connectivity index (χ1) is 22.9. The molecule has 15 nitrogen and oxygen atoms in total. The lowest BCUT2D eigenvalue weighted by Gasteiger charge is -2.33. The van der Waals surface area contributed by atoms with Crippen molar-refractivity contribution in [3.05, 3.63) is 30.2 Å². The fraction of sp³-hybridized carbons (Fsp3) is 0.656. The maximum Gasteiger partial charge on any atom is 0.320 e. The summed E-state index contributed by atoms with van der Waals surface area (Å²) >= 11 is 0. The molecule has 1 amide bonds. The number of anilines is 2. The van der Waals surface area contributed by atoms with E-state index in [0.717, 1.165) is 69.0 Å². The van der Waals surface area contributed by atoms with Crippen LogP contribution in [0.4, 0.5) is 11.8 Å². The summed E-state index contributed by atoms with van der Waals surface area (Å²) in [6, 6.07) is 3.61. The minimum absolute atomic E-state index is 0.0649. The Morgan fingerprint density at radius 3 is 2.64 bits per heavy atom. The molecule has 1 saturated heterocycles. The molecule has 5 rings (SSSR count). The highest BCUT2D eigenvalue weighted by atomic mass is 16.4. The first-order valence-electron chi connectivity index (χ1n) is 17.2.